The molecule has 0 fully saturated rings. The molecule has 1 heterocycles. The van der Waals surface area contributed by atoms with Gasteiger partial charge in [0.15, 0.2) is 0 Å². The van der Waals surface area contributed by atoms with Crippen LogP contribution in [0, 0.1) is 0 Å². The van der Waals surface area contributed by atoms with E-state index in [0.29, 0.717) is 6.04 Å². The summed E-state index contributed by atoms with van der Waals surface area (Å²) in [6.45, 7) is 2.86. The molecule has 1 atom stereocenters. The van der Waals surface area contributed by atoms with Gasteiger partial charge in [-0.05, 0) is 32.3 Å². The number of rotatable bonds is 4. The first kappa shape index (κ1) is 12.9. The molecule has 4 heteroatoms. The Morgan fingerprint density at radius 3 is 3.06 bits per heavy atom. The van der Waals surface area contributed by atoms with E-state index >= 15 is 0 Å². The zero-order valence-corrected chi connectivity index (χ0v) is 12.0. The monoisotopic (exact) mass is 298 g/mol. The van der Waals surface area contributed by atoms with Crippen LogP contribution >= 0.6 is 15.9 Å². The molecule has 0 aromatic heterocycles. The number of hydrogen-bond donors (Lipinski definition) is 1. The number of fused-ring (bicyclic) bond motifs is 1. The first-order valence-electron chi connectivity index (χ1n) is 5.97. The maximum absolute atomic E-state index is 5.66. The van der Waals surface area contributed by atoms with Crippen LogP contribution in [0.15, 0.2) is 22.7 Å². The standard InChI is InChI=1S/C13H19BrN2O/c1-16(2)7-6-15-12-5-8-17-13-4-3-10(14)9-11(12)13/h3-4,9,12,15H,5-8H2,1-2H3. The predicted molar refractivity (Wildman–Crippen MR) is 73.6 cm³/mol. The molecule has 94 valence electrons. The minimum absolute atomic E-state index is 0.413. The highest BCUT2D eigenvalue weighted by molar-refractivity contribution is 9.10. The van der Waals surface area contributed by atoms with Crippen LogP contribution in [0.5, 0.6) is 5.75 Å². The van der Waals surface area contributed by atoms with Crippen LogP contribution in [0.25, 0.3) is 0 Å². The van der Waals surface area contributed by atoms with Crippen LogP contribution in [0.1, 0.15) is 18.0 Å². The Hall–Kier alpha value is -0.580. The highest BCUT2D eigenvalue weighted by atomic mass is 79.9. The second-order valence-electron chi connectivity index (χ2n) is 4.63. The minimum atomic E-state index is 0.413. The fourth-order valence-electron chi connectivity index (χ4n) is 2.04. The van der Waals surface area contributed by atoms with E-state index in [9.17, 15) is 0 Å². The summed E-state index contributed by atoms with van der Waals surface area (Å²) in [7, 11) is 4.19. The highest BCUT2D eigenvalue weighted by Gasteiger charge is 2.20. The van der Waals surface area contributed by atoms with Crippen molar-refractivity contribution in [2.24, 2.45) is 0 Å². The van der Waals surface area contributed by atoms with Gasteiger partial charge in [0.1, 0.15) is 5.75 Å². The van der Waals surface area contributed by atoms with Crippen molar-refractivity contribution in [2.75, 3.05) is 33.8 Å². The second-order valence-corrected chi connectivity index (χ2v) is 5.54. The Morgan fingerprint density at radius 2 is 2.29 bits per heavy atom. The lowest BCUT2D eigenvalue weighted by Gasteiger charge is -2.27. The lowest BCUT2D eigenvalue weighted by molar-refractivity contribution is 0.249. The number of benzene rings is 1. The van der Waals surface area contributed by atoms with Gasteiger partial charge in [0.2, 0.25) is 0 Å². The fraction of sp³-hybridized carbons (Fsp3) is 0.538. The highest BCUT2D eigenvalue weighted by Crippen LogP contribution is 2.33. The van der Waals surface area contributed by atoms with E-state index in [0.717, 1.165) is 36.3 Å². The van der Waals surface area contributed by atoms with Gasteiger partial charge in [0, 0.05) is 35.6 Å². The second kappa shape index (κ2) is 5.85. The van der Waals surface area contributed by atoms with E-state index in [1.807, 2.05) is 12.1 Å². The molecule has 1 aliphatic rings. The average Bonchev–Trinajstić information content (AvgIpc) is 2.29. The molecule has 0 aliphatic carbocycles. The summed E-state index contributed by atoms with van der Waals surface area (Å²) < 4.78 is 6.78. The fourth-order valence-corrected chi connectivity index (χ4v) is 2.42. The Bertz CT molecular complexity index is 382. The molecule has 17 heavy (non-hydrogen) atoms. The van der Waals surface area contributed by atoms with E-state index in [-0.39, 0.29) is 0 Å². The lowest BCUT2D eigenvalue weighted by atomic mass is 10.0. The molecule has 0 spiro atoms. The van der Waals surface area contributed by atoms with Gasteiger partial charge in [-0.15, -0.1) is 0 Å². The first-order chi connectivity index (χ1) is 8.16. The van der Waals surface area contributed by atoms with Crippen LogP contribution in [-0.4, -0.2) is 38.7 Å². The third-order valence-corrected chi connectivity index (χ3v) is 3.45. The molecular formula is C13H19BrN2O. The summed E-state index contributed by atoms with van der Waals surface area (Å²) in [6.07, 6.45) is 1.04. The third-order valence-electron chi connectivity index (χ3n) is 2.96. The smallest absolute Gasteiger partial charge is 0.124 e. The van der Waals surface area contributed by atoms with Gasteiger partial charge >= 0.3 is 0 Å². The van der Waals surface area contributed by atoms with Crippen molar-refractivity contribution in [2.45, 2.75) is 12.5 Å². The minimum Gasteiger partial charge on any atom is -0.493 e. The van der Waals surface area contributed by atoms with Crippen molar-refractivity contribution in [1.29, 1.82) is 0 Å². The molecular weight excluding hydrogens is 280 g/mol. The Balaban J connectivity index is 2.03. The molecule has 1 aliphatic heterocycles. The molecule has 1 aromatic rings. The van der Waals surface area contributed by atoms with Crippen LogP contribution < -0.4 is 10.1 Å². The summed E-state index contributed by atoms with van der Waals surface area (Å²) in [4.78, 5) is 2.19. The molecule has 0 bridgehead atoms. The van der Waals surface area contributed by atoms with Crippen LogP contribution in [0.3, 0.4) is 0 Å². The number of hydrogen-bond acceptors (Lipinski definition) is 3. The molecule has 0 saturated heterocycles. The average molecular weight is 299 g/mol. The molecule has 1 aromatic carbocycles. The van der Waals surface area contributed by atoms with Gasteiger partial charge in [-0.25, -0.2) is 0 Å². The van der Waals surface area contributed by atoms with Crippen molar-refractivity contribution in [1.82, 2.24) is 10.2 Å². The van der Waals surface area contributed by atoms with Crippen molar-refractivity contribution < 1.29 is 4.74 Å². The molecule has 0 saturated carbocycles. The Morgan fingerprint density at radius 1 is 1.47 bits per heavy atom. The maximum atomic E-state index is 5.66. The Labute approximate surface area is 111 Å². The summed E-state index contributed by atoms with van der Waals surface area (Å²) in [5.74, 6) is 1.02. The summed E-state index contributed by atoms with van der Waals surface area (Å²) >= 11 is 3.52. The van der Waals surface area contributed by atoms with Crippen molar-refractivity contribution in [3.05, 3.63) is 28.2 Å². The lowest BCUT2D eigenvalue weighted by Crippen LogP contribution is -2.32. The maximum Gasteiger partial charge on any atom is 0.124 e. The van der Waals surface area contributed by atoms with E-state index in [4.69, 9.17) is 4.74 Å². The van der Waals surface area contributed by atoms with Gasteiger partial charge in [-0.3, -0.25) is 0 Å². The van der Waals surface area contributed by atoms with Gasteiger partial charge in [-0.2, -0.15) is 0 Å². The first-order valence-corrected chi connectivity index (χ1v) is 6.76. The van der Waals surface area contributed by atoms with E-state index in [1.54, 1.807) is 0 Å². The van der Waals surface area contributed by atoms with E-state index < -0.39 is 0 Å². The molecule has 1 N–H and O–H groups in total. The Kier molecular flexibility index (Phi) is 4.42. The number of nitrogens with zero attached hydrogens (tertiary/aromatic N) is 1. The van der Waals surface area contributed by atoms with Crippen LogP contribution in [0.2, 0.25) is 0 Å². The summed E-state index contributed by atoms with van der Waals surface area (Å²) in [5, 5.41) is 3.59. The van der Waals surface area contributed by atoms with E-state index in [2.05, 4.69) is 46.3 Å². The SMILES string of the molecule is CN(C)CCNC1CCOc2ccc(Br)cc21. The van der Waals surface area contributed by atoms with Gasteiger partial charge in [0.25, 0.3) is 0 Å². The van der Waals surface area contributed by atoms with Crippen LogP contribution in [0.4, 0.5) is 0 Å². The van der Waals surface area contributed by atoms with E-state index in [1.165, 1.54) is 5.56 Å². The normalized spacial score (nSPS) is 18.9. The van der Waals surface area contributed by atoms with Gasteiger partial charge < -0.3 is 15.0 Å². The van der Waals surface area contributed by atoms with Crippen molar-refractivity contribution in [3.63, 3.8) is 0 Å². The van der Waals surface area contributed by atoms with Gasteiger partial charge in [0.05, 0.1) is 6.61 Å². The number of nitrogens with one attached hydrogen (secondary N) is 1. The number of ether oxygens (including phenoxy) is 1. The molecule has 3 nitrogen and oxygen atoms in total. The summed E-state index contributed by atoms with van der Waals surface area (Å²) in [5.41, 5.74) is 1.27. The zero-order valence-electron chi connectivity index (χ0n) is 10.4. The predicted octanol–water partition coefficient (Wildman–Crippen LogP) is 2.42. The van der Waals surface area contributed by atoms with Crippen LogP contribution in [-0.2, 0) is 0 Å². The molecule has 1 unspecified atom stereocenters. The van der Waals surface area contributed by atoms with Crippen molar-refractivity contribution in [3.8, 4) is 5.75 Å². The topological polar surface area (TPSA) is 24.5 Å². The largest absolute Gasteiger partial charge is 0.493 e. The quantitative estimate of drug-likeness (QED) is 0.924. The summed E-state index contributed by atoms with van der Waals surface area (Å²) in [6, 6.07) is 6.64. The third kappa shape index (κ3) is 3.44. The molecule has 0 radical (unpaired) electrons. The van der Waals surface area contributed by atoms with Crippen molar-refractivity contribution >= 4 is 15.9 Å². The number of likely N-dealkylation sites (N-methyl/N-ethyl adjacent to an activating group) is 1. The molecule has 0 amide bonds. The zero-order chi connectivity index (χ0) is 12.3. The van der Waals surface area contributed by atoms with Gasteiger partial charge in [-0.1, -0.05) is 15.9 Å². The molecule has 2 rings (SSSR count). The number of halogens is 1.